The summed E-state index contributed by atoms with van der Waals surface area (Å²) in [6.07, 6.45) is 11.6. The maximum absolute atomic E-state index is 4.21. The summed E-state index contributed by atoms with van der Waals surface area (Å²) in [6, 6.07) is 2.69. The van der Waals surface area contributed by atoms with Crippen LogP contribution in [0.2, 0.25) is 0 Å². The molecule has 0 spiro atoms. The van der Waals surface area contributed by atoms with Crippen LogP contribution in [0.1, 0.15) is 25.7 Å². The van der Waals surface area contributed by atoms with E-state index >= 15 is 0 Å². The first-order valence-electron chi connectivity index (χ1n) is 6.14. The fourth-order valence-corrected chi connectivity index (χ4v) is 3.37. The monoisotopic (exact) mass is 239 g/mol. The Morgan fingerprint density at radius 3 is 3.06 bits per heavy atom. The molecule has 2 rings (SSSR count). The second-order valence-electron chi connectivity index (χ2n) is 4.39. The molecule has 0 aliphatic heterocycles. The van der Waals surface area contributed by atoms with E-state index in [4.69, 9.17) is 0 Å². The summed E-state index contributed by atoms with van der Waals surface area (Å²) in [5.41, 5.74) is 0. The maximum Gasteiger partial charge on any atom is 0.0534 e. The van der Waals surface area contributed by atoms with Crippen molar-refractivity contribution in [3.8, 4) is 0 Å². The Morgan fingerprint density at radius 2 is 2.31 bits per heavy atom. The molecule has 1 saturated carbocycles. The van der Waals surface area contributed by atoms with Gasteiger partial charge in [0.1, 0.15) is 0 Å². The molecule has 0 saturated heterocycles. The summed E-state index contributed by atoms with van der Waals surface area (Å²) in [4.78, 5) is 0. The molecule has 1 aliphatic carbocycles. The number of rotatable bonds is 5. The molecule has 0 aromatic carbocycles. The summed E-state index contributed by atoms with van der Waals surface area (Å²) in [5, 5.41) is 8.70. The summed E-state index contributed by atoms with van der Waals surface area (Å²) >= 11 is 2.02. The zero-order valence-electron chi connectivity index (χ0n) is 9.93. The van der Waals surface area contributed by atoms with Crippen LogP contribution in [0.4, 0.5) is 0 Å². The number of thioether (sulfide) groups is 1. The normalized spacial score (nSPS) is 25.8. The van der Waals surface area contributed by atoms with Gasteiger partial charge in [-0.3, -0.25) is 4.68 Å². The highest BCUT2D eigenvalue weighted by atomic mass is 32.2. The van der Waals surface area contributed by atoms with Crippen LogP contribution < -0.4 is 5.32 Å². The molecule has 16 heavy (non-hydrogen) atoms. The Hall–Kier alpha value is -0.480. The third kappa shape index (κ3) is 3.25. The predicted octanol–water partition coefficient (Wildman–Crippen LogP) is 2.15. The van der Waals surface area contributed by atoms with Gasteiger partial charge < -0.3 is 5.32 Å². The average Bonchev–Trinajstić information content (AvgIpc) is 2.83. The Kier molecular flexibility index (Phi) is 4.72. The van der Waals surface area contributed by atoms with E-state index in [1.54, 1.807) is 0 Å². The first-order valence-corrected chi connectivity index (χ1v) is 7.42. The SMILES string of the molecule is CSC1CCCCC1NCCn1cccn1. The minimum Gasteiger partial charge on any atom is -0.311 e. The Bertz CT molecular complexity index is 286. The minimum atomic E-state index is 0.708. The van der Waals surface area contributed by atoms with Crippen molar-refractivity contribution in [1.82, 2.24) is 15.1 Å². The zero-order valence-corrected chi connectivity index (χ0v) is 10.7. The Labute approximate surface area is 102 Å². The van der Waals surface area contributed by atoms with Crippen molar-refractivity contribution in [3.05, 3.63) is 18.5 Å². The van der Waals surface area contributed by atoms with Crippen molar-refractivity contribution >= 4 is 11.8 Å². The van der Waals surface area contributed by atoms with E-state index in [0.29, 0.717) is 6.04 Å². The molecule has 3 nitrogen and oxygen atoms in total. The van der Waals surface area contributed by atoms with Gasteiger partial charge in [-0.2, -0.15) is 16.9 Å². The van der Waals surface area contributed by atoms with Crippen LogP contribution in [0.25, 0.3) is 0 Å². The van der Waals surface area contributed by atoms with Crippen LogP contribution in [0.5, 0.6) is 0 Å². The van der Waals surface area contributed by atoms with Gasteiger partial charge >= 0.3 is 0 Å². The lowest BCUT2D eigenvalue weighted by atomic mass is 9.95. The van der Waals surface area contributed by atoms with Gasteiger partial charge in [0.15, 0.2) is 0 Å². The minimum absolute atomic E-state index is 0.708. The second-order valence-corrected chi connectivity index (χ2v) is 5.47. The van der Waals surface area contributed by atoms with Crippen molar-refractivity contribution < 1.29 is 0 Å². The lowest BCUT2D eigenvalue weighted by molar-refractivity contribution is 0.374. The van der Waals surface area contributed by atoms with E-state index in [2.05, 4.69) is 16.7 Å². The number of hydrogen-bond acceptors (Lipinski definition) is 3. The van der Waals surface area contributed by atoms with Crippen LogP contribution in [-0.4, -0.2) is 33.9 Å². The first kappa shape index (κ1) is 12.0. The highest BCUT2D eigenvalue weighted by molar-refractivity contribution is 7.99. The van der Waals surface area contributed by atoms with Gasteiger partial charge in [0.05, 0.1) is 6.54 Å². The highest BCUT2D eigenvalue weighted by Crippen LogP contribution is 2.26. The van der Waals surface area contributed by atoms with E-state index < -0.39 is 0 Å². The molecule has 1 N–H and O–H groups in total. The van der Waals surface area contributed by atoms with E-state index in [-0.39, 0.29) is 0 Å². The number of hydrogen-bond donors (Lipinski definition) is 1. The lowest BCUT2D eigenvalue weighted by Gasteiger charge is -2.31. The van der Waals surface area contributed by atoms with Crippen molar-refractivity contribution in [2.24, 2.45) is 0 Å². The topological polar surface area (TPSA) is 29.9 Å². The molecule has 0 radical (unpaired) electrons. The second kappa shape index (κ2) is 6.30. The van der Waals surface area contributed by atoms with Crippen LogP contribution in [0.15, 0.2) is 18.5 Å². The van der Waals surface area contributed by atoms with Gasteiger partial charge in [-0.25, -0.2) is 0 Å². The van der Waals surface area contributed by atoms with Gasteiger partial charge in [0.2, 0.25) is 0 Å². The number of nitrogens with one attached hydrogen (secondary N) is 1. The fourth-order valence-electron chi connectivity index (χ4n) is 2.41. The third-order valence-corrected chi connectivity index (χ3v) is 4.48. The van der Waals surface area contributed by atoms with Crippen molar-refractivity contribution in [2.75, 3.05) is 12.8 Å². The number of nitrogens with zero attached hydrogens (tertiary/aromatic N) is 2. The quantitative estimate of drug-likeness (QED) is 0.854. The largest absolute Gasteiger partial charge is 0.311 e. The predicted molar refractivity (Wildman–Crippen MR) is 69.8 cm³/mol. The molecule has 4 heteroatoms. The molecule has 1 fully saturated rings. The maximum atomic E-state index is 4.21. The molecule has 1 heterocycles. The van der Waals surface area contributed by atoms with E-state index in [9.17, 15) is 0 Å². The molecule has 90 valence electrons. The highest BCUT2D eigenvalue weighted by Gasteiger charge is 2.23. The molecule has 0 amide bonds. The third-order valence-electron chi connectivity index (χ3n) is 3.31. The van der Waals surface area contributed by atoms with Crippen molar-refractivity contribution in [2.45, 2.75) is 43.5 Å². The summed E-state index contributed by atoms with van der Waals surface area (Å²) in [5.74, 6) is 0. The van der Waals surface area contributed by atoms with Gasteiger partial charge in [0.25, 0.3) is 0 Å². The molecule has 1 aromatic rings. The van der Waals surface area contributed by atoms with Crippen LogP contribution in [0.3, 0.4) is 0 Å². The van der Waals surface area contributed by atoms with Crippen molar-refractivity contribution in [3.63, 3.8) is 0 Å². The van der Waals surface area contributed by atoms with Gasteiger partial charge in [-0.15, -0.1) is 0 Å². The molecule has 2 unspecified atom stereocenters. The van der Waals surface area contributed by atoms with Gasteiger partial charge in [-0.05, 0) is 25.2 Å². The summed E-state index contributed by atoms with van der Waals surface area (Å²) in [7, 11) is 0. The average molecular weight is 239 g/mol. The Balaban J connectivity index is 1.71. The molecular formula is C12H21N3S. The standard InChI is InChI=1S/C12H21N3S/c1-16-12-6-3-2-5-11(12)13-8-10-15-9-4-7-14-15/h4,7,9,11-13H,2-3,5-6,8,10H2,1H3. The van der Waals surface area contributed by atoms with E-state index in [1.807, 2.05) is 34.9 Å². The molecule has 0 bridgehead atoms. The van der Waals surface area contributed by atoms with Gasteiger partial charge in [-0.1, -0.05) is 12.8 Å². The van der Waals surface area contributed by atoms with Crippen LogP contribution in [0, 0.1) is 0 Å². The summed E-state index contributed by atoms with van der Waals surface area (Å²) < 4.78 is 1.99. The van der Waals surface area contributed by atoms with Gasteiger partial charge in [0, 0.05) is 30.2 Å². The fraction of sp³-hybridized carbons (Fsp3) is 0.750. The van der Waals surface area contributed by atoms with E-state index in [1.165, 1.54) is 25.7 Å². The Morgan fingerprint density at radius 1 is 1.44 bits per heavy atom. The van der Waals surface area contributed by atoms with E-state index in [0.717, 1.165) is 18.3 Å². The molecule has 1 aliphatic rings. The lowest BCUT2D eigenvalue weighted by Crippen LogP contribution is -2.41. The number of aromatic nitrogens is 2. The van der Waals surface area contributed by atoms with Crippen molar-refractivity contribution in [1.29, 1.82) is 0 Å². The first-order chi connectivity index (χ1) is 7.90. The summed E-state index contributed by atoms with van der Waals surface area (Å²) in [6.45, 7) is 2.01. The van der Waals surface area contributed by atoms with Crippen LogP contribution in [-0.2, 0) is 6.54 Å². The molecule has 1 aromatic heterocycles. The zero-order chi connectivity index (χ0) is 11.2. The molecule has 2 atom stereocenters. The van der Waals surface area contributed by atoms with Crippen LogP contribution >= 0.6 is 11.8 Å². The molecular weight excluding hydrogens is 218 g/mol. The smallest absolute Gasteiger partial charge is 0.0534 e.